The van der Waals surface area contributed by atoms with Gasteiger partial charge in [0.25, 0.3) is 0 Å². The zero-order valence-corrected chi connectivity index (χ0v) is 14.7. The summed E-state index contributed by atoms with van der Waals surface area (Å²) in [5, 5.41) is 5.48. The first-order valence-corrected chi connectivity index (χ1v) is 9.04. The van der Waals surface area contributed by atoms with Gasteiger partial charge in [0.1, 0.15) is 16.5 Å². The van der Waals surface area contributed by atoms with Crippen molar-refractivity contribution in [3.63, 3.8) is 0 Å². The lowest BCUT2D eigenvalue weighted by molar-refractivity contribution is 0.215. The van der Waals surface area contributed by atoms with E-state index in [4.69, 9.17) is 9.98 Å². The Bertz CT molecular complexity index is 792. The minimum Gasteiger partial charge on any atom is -0.352 e. The van der Waals surface area contributed by atoms with Gasteiger partial charge in [0.15, 0.2) is 5.84 Å². The van der Waals surface area contributed by atoms with Crippen LogP contribution in [0.15, 0.2) is 23.2 Å². The number of benzene rings is 1. The van der Waals surface area contributed by atoms with Gasteiger partial charge < -0.3 is 15.1 Å². The molecular weight excluding hydrogens is 325 g/mol. The predicted octanol–water partition coefficient (Wildman–Crippen LogP) is 3.23. The van der Waals surface area contributed by atoms with E-state index < -0.39 is 0 Å². The number of aliphatic imine (C=N–C) groups is 1. The molecule has 0 radical (unpaired) electrons. The van der Waals surface area contributed by atoms with E-state index in [1.807, 2.05) is 0 Å². The third-order valence-electron chi connectivity index (χ3n) is 4.42. The minimum atomic E-state index is -0.274. The Morgan fingerprint density at radius 3 is 2.79 bits per heavy atom. The molecule has 0 saturated carbocycles. The monoisotopic (exact) mass is 345 g/mol. The first-order valence-electron chi connectivity index (χ1n) is 8.23. The molecule has 2 aliphatic heterocycles. The van der Waals surface area contributed by atoms with E-state index in [9.17, 15) is 4.39 Å². The number of piperazine rings is 1. The number of likely N-dealkylation sites (N-methyl/N-ethyl adjacent to an activating group) is 1. The van der Waals surface area contributed by atoms with E-state index >= 15 is 0 Å². The van der Waals surface area contributed by atoms with Gasteiger partial charge in [-0.1, -0.05) is 6.92 Å². The quantitative estimate of drug-likeness (QED) is 0.862. The van der Waals surface area contributed by atoms with Crippen molar-refractivity contribution in [1.82, 2.24) is 14.8 Å². The van der Waals surface area contributed by atoms with Crippen LogP contribution in [-0.2, 0) is 6.42 Å². The molecule has 0 bridgehead atoms. The number of halogens is 1. The number of aryl methyl sites for hydroxylation is 1. The minimum absolute atomic E-state index is 0.274. The van der Waals surface area contributed by atoms with E-state index in [1.165, 1.54) is 12.1 Å². The standard InChI is InChI=1S/C17H20FN5S/c1-3-14-21-15-16(23-8-6-22(2)7-9-23)19-13-10-11(18)4-5-12(13)20-17(15)24-14/h4-5,10,20H,3,6-9H2,1-2H3. The number of hydrogen-bond donors (Lipinski definition) is 1. The third-order valence-corrected chi connectivity index (χ3v) is 5.54. The van der Waals surface area contributed by atoms with Crippen molar-refractivity contribution in [2.75, 3.05) is 38.5 Å². The smallest absolute Gasteiger partial charge is 0.158 e. The van der Waals surface area contributed by atoms with Gasteiger partial charge in [-0.3, -0.25) is 0 Å². The van der Waals surface area contributed by atoms with Gasteiger partial charge in [-0.25, -0.2) is 14.4 Å². The molecular formula is C17H20FN5S. The lowest BCUT2D eigenvalue weighted by Crippen LogP contribution is -2.47. The molecule has 1 aromatic carbocycles. The average Bonchev–Trinajstić information content (AvgIpc) is 2.92. The predicted molar refractivity (Wildman–Crippen MR) is 96.4 cm³/mol. The highest BCUT2D eigenvalue weighted by Crippen LogP contribution is 2.38. The van der Waals surface area contributed by atoms with Crippen LogP contribution in [0.3, 0.4) is 0 Å². The number of anilines is 2. The van der Waals surface area contributed by atoms with Gasteiger partial charge in [0, 0.05) is 32.2 Å². The van der Waals surface area contributed by atoms with Crippen LogP contribution < -0.4 is 5.32 Å². The van der Waals surface area contributed by atoms with Crippen molar-refractivity contribution in [3.05, 3.63) is 34.7 Å². The van der Waals surface area contributed by atoms with E-state index in [2.05, 4.69) is 29.1 Å². The van der Waals surface area contributed by atoms with Gasteiger partial charge in [-0.15, -0.1) is 11.3 Å². The van der Waals surface area contributed by atoms with Gasteiger partial charge in [-0.2, -0.15) is 0 Å². The summed E-state index contributed by atoms with van der Waals surface area (Å²) >= 11 is 1.65. The largest absolute Gasteiger partial charge is 0.352 e. The van der Waals surface area contributed by atoms with Crippen LogP contribution in [0.25, 0.3) is 0 Å². The van der Waals surface area contributed by atoms with E-state index in [0.717, 1.165) is 59.8 Å². The maximum absolute atomic E-state index is 13.7. The zero-order chi connectivity index (χ0) is 16.7. The number of thiazole rings is 1. The number of nitrogens with zero attached hydrogens (tertiary/aromatic N) is 4. The number of hydrogen-bond acceptors (Lipinski definition) is 6. The van der Waals surface area contributed by atoms with E-state index in [1.54, 1.807) is 17.4 Å². The van der Waals surface area contributed by atoms with Crippen molar-refractivity contribution in [3.8, 4) is 0 Å². The number of aromatic nitrogens is 1. The summed E-state index contributed by atoms with van der Waals surface area (Å²) in [6, 6.07) is 4.69. The Morgan fingerprint density at radius 2 is 2.04 bits per heavy atom. The van der Waals surface area contributed by atoms with Crippen molar-refractivity contribution in [2.24, 2.45) is 4.99 Å². The topological polar surface area (TPSA) is 43.8 Å². The Kier molecular flexibility index (Phi) is 3.97. The highest BCUT2D eigenvalue weighted by atomic mass is 32.1. The highest BCUT2D eigenvalue weighted by Gasteiger charge is 2.27. The second-order valence-corrected chi connectivity index (χ2v) is 7.23. The molecule has 0 amide bonds. The molecule has 3 heterocycles. The molecule has 0 atom stereocenters. The summed E-state index contributed by atoms with van der Waals surface area (Å²) in [6.07, 6.45) is 0.894. The molecule has 1 saturated heterocycles. The van der Waals surface area contributed by atoms with Crippen LogP contribution >= 0.6 is 11.3 Å². The highest BCUT2D eigenvalue weighted by molar-refractivity contribution is 7.16. The fraction of sp³-hybridized carbons (Fsp3) is 0.412. The fourth-order valence-corrected chi connectivity index (χ4v) is 3.89. The lowest BCUT2D eigenvalue weighted by Gasteiger charge is -2.34. The van der Waals surface area contributed by atoms with Crippen molar-refractivity contribution in [1.29, 1.82) is 0 Å². The second-order valence-electron chi connectivity index (χ2n) is 6.15. The summed E-state index contributed by atoms with van der Waals surface area (Å²) in [7, 11) is 2.13. The van der Waals surface area contributed by atoms with Crippen molar-refractivity contribution in [2.45, 2.75) is 13.3 Å². The van der Waals surface area contributed by atoms with Crippen LogP contribution in [0.4, 0.5) is 20.8 Å². The van der Waals surface area contributed by atoms with Gasteiger partial charge >= 0.3 is 0 Å². The molecule has 0 spiro atoms. The summed E-state index contributed by atoms with van der Waals surface area (Å²) in [4.78, 5) is 14.2. The maximum atomic E-state index is 13.7. The van der Waals surface area contributed by atoms with Crippen LogP contribution in [0.1, 0.15) is 17.6 Å². The number of amidine groups is 1. The molecule has 1 fully saturated rings. The summed E-state index contributed by atoms with van der Waals surface area (Å²) < 4.78 is 13.7. The summed E-state index contributed by atoms with van der Waals surface area (Å²) in [6.45, 7) is 5.89. The first-order chi connectivity index (χ1) is 11.6. The lowest BCUT2D eigenvalue weighted by atomic mass is 10.2. The Labute approximate surface area is 144 Å². The van der Waals surface area contributed by atoms with E-state index in [-0.39, 0.29) is 5.82 Å². The van der Waals surface area contributed by atoms with E-state index in [0.29, 0.717) is 5.69 Å². The van der Waals surface area contributed by atoms with Crippen LogP contribution in [-0.4, -0.2) is 53.8 Å². The van der Waals surface area contributed by atoms with Gasteiger partial charge in [-0.05, 0) is 25.6 Å². The summed E-state index contributed by atoms with van der Waals surface area (Å²) in [5.74, 6) is 0.579. The molecule has 2 aliphatic rings. The van der Waals surface area contributed by atoms with Gasteiger partial charge in [0.05, 0.1) is 16.4 Å². The Balaban J connectivity index is 1.82. The molecule has 4 rings (SSSR count). The maximum Gasteiger partial charge on any atom is 0.158 e. The van der Waals surface area contributed by atoms with Crippen LogP contribution in [0.5, 0.6) is 0 Å². The molecule has 5 nitrogen and oxygen atoms in total. The third kappa shape index (κ3) is 2.78. The van der Waals surface area contributed by atoms with Crippen molar-refractivity contribution < 1.29 is 4.39 Å². The molecule has 24 heavy (non-hydrogen) atoms. The molecule has 0 unspecified atom stereocenters. The molecule has 2 aromatic rings. The molecule has 0 aliphatic carbocycles. The van der Waals surface area contributed by atoms with Gasteiger partial charge in [0.2, 0.25) is 0 Å². The number of fused-ring (bicyclic) bond motifs is 2. The average molecular weight is 345 g/mol. The molecule has 1 aromatic heterocycles. The fourth-order valence-electron chi connectivity index (χ4n) is 2.98. The molecule has 126 valence electrons. The zero-order valence-electron chi connectivity index (χ0n) is 13.8. The van der Waals surface area contributed by atoms with Crippen LogP contribution in [0, 0.1) is 5.82 Å². The Hall–Kier alpha value is -1.99. The summed E-state index contributed by atoms with van der Waals surface area (Å²) in [5.41, 5.74) is 2.35. The number of nitrogens with one attached hydrogen (secondary N) is 1. The first kappa shape index (κ1) is 15.5. The molecule has 1 N–H and O–H groups in total. The van der Waals surface area contributed by atoms with Crippen LogP contribution in [0.2, 0.25) is 0 Å². The second kappa shape index (κ2) is 6.14. The molecule has 7 heteroatoms. The normalized spacial score (nSPS) is 17.6. The SMILES string of the molecule is CCc1nc2c(s1)Nc1ccc(F)cc1N=C2N1CCN(C)CC1. The Morgan fingerprint density at radius 1 is 1.25 bits per heavy atom. The number of rotatable bonds is 1. The van der Waals surface area contributed by atoms with Crippen molar-refractivity contribution >= 4 is 33.5 Å².